The average Bonchev–Trinajstić information content (AvgIpc) is 3.24. The number of anilines is 3. The molecule has 1 aromatic carbocycles. The van der Waals surface area contributed by atoms with Gasteiger partial charge in [0.05, 0.1) is 6.33 Å². The van der Waals surface area contributed by atoms with Gasteiger partial charge in [0, 0.05) is 29.3 Å². The Labute approximate surface area is 157 Å². The van der Waals surface area contributed by atoms with Crippen LogP contribution in [0.4, 0.5) is 17.5 Å². The molecule has 3 aromatic rings. The molecule has 1 fully saturated rings. The van der Waals surface area contributed by atoms with Crippen LogP contribution in [0.3, 0.4) is 0 Å². The van der Waals surface area contributed by atoms with Crippen molar-refractivity contribution < 1.29 is 0 Å². The highest BCUT2D eigenvalue weighted by atomic mass is 35.5. The molecular formula is C18H22ClN7. The number of benzene rings is 1. The molecule has 1 aliphatic rings. The summed E-state index contributed by atoms with van der Waals surface area (Å²) in [5.41, 5.74) is 2.42. The number of fused-ring (bicyclic) bond motifs is 1. The third-order valence-corrected chi connectivity index (χ3v) is 4.69. The Morgan fingerprint density at radius 3 is 2.92 bits per heavy atom. The predicted molar refractivity (Wildman–Crippen MR) is 105 cm³/mol. The fourth-order valence-corrected chi connectivity index (χ4v) is 3.30. The first-order valence-electron chi connectivity index (χ1n) is 8.84. The zero-order valence-electron chi connectivity index (χ0n) is 14.8. The van der Waals surface area contributed by atoms with Gasteiger partial charge in [0.2, 0.25) is 5.95 Å². The van der Waals surface area contributed by atoms with Crippen LogP contribution in [0.2, 0.25) is 5.02 Å². The van der Waals surface area contributed by atoms with E-state index in [-0.39, 0.29) is 6.04 Å². The van der Waals surface area contributed by atoms with Crippen molar-refractivity contribution in [2.24, 2.45) is 0 Å². The van der Waals surface area contributed by atoms with Gasteiger partial charge in [-0.05, 0) is 45.0 Å². The summed E-state index contributed by atoms with van der Waals surface area (Å²) in [6.45, 7) is 6.15. The minimum atomic E-state index is 0.259. The summed E-state index contributed by atoms with van der Waals surface area (Å²) in [4.78, 5) is 13.9. The molecule has 136 valence electrons. The highest BCUT2D eigenvalue weighted by Gasteiger charge is 2.19. The van der Waals surface area contributed by atoms with Crippen molar-refractivity contribution >= 4 is 40.2 Å². The van der Waals surface area contributed by atoms with E-state index < -0.39 is 0 Å². The SMILES string of the molecule is CC(C)n1cnc2c(Nc3cccc(Cl)c3)nc(NC3CCNC3)nc21. The number of rotatable bonds is 5. The Kier molecular flexibility index (Phi) is 4.65. The molecule has 0 saturated carbocycles. The third kappa shape index (κ3) is 3.45. The van der Waals surface area contributed by atoms with Crippen LogP contribution in [-0.4, -0.2) is 38.7 Å². The second kappa shape index (κ2) is 7.09. The summed E-state index contributed by atoms with van der Waals surface area (Å²) in [7, 11) is 0. The van der Waals surface area contributed by atoms with E-state index in [1.165, 1.54) is 0 Å². The van der Waals surface area contributed by atoms with E-state index in [0.29, 0.717) is 22.8 Å². The van der Waals surface area contributed by atoms with Crippen LogP contribution in [0.5, 0.6) is 0 Å². The third-order valence-electron chi connectivity index (χ3n) is 4.46. The monoisotopic (exact) mass is 371 g/mol. The summed E-state index contributed by atoms with van der Waals surface area (Å²) in [5.74, 6) is 1.28. The van der Waals surface area contributed by atoms with Crippen LogP contribution in [0.1, 0.15) is 26.3 Å². The van der Waals surface area contributed by atoms with Crippen molar-refractivity contribution in [3.63, 3.8) is 0 Å². The molecule has 7 nitrogen and oxygen atoms in total. The first kappa shape index (κ1) is 17.1. The first-order chi connectivity index (χ1) is 12.6. The number of aromatic nitrogens is 4. The number of nitrogens with one attached hydrogen (secondary N) is 3. The van der Waals surface area contributed by atoms with Crippen LogP contribution in [0.25, 0.3) is 11.2 Å². The van der Waals surface area contributed by atoms with E-state index in [9.17, 15) is 0 Å². The van der Waals surface area contributed by atoms with Gasteiger partial charge >= 0.3 is 0 Å². The second-order valence-corrected chi connectivity index (χ2v) is 7.22. The number of hydrogen-bond donors (Lipinski definition) is 3. The highest BCUT2D eigenvalue weighted by molar-refractivity contribution is 6.30. The summed E-state index contributed by atoms with van der Waals surface area (Å²) >= 11 is 6.11. The molecule has 0 radical (unpaired) electrons. The zero-order chi connectivity index (χ0) is 18.1. The maximum atomic E-state index is 6.11. The van der Waals surface area contributed by atoms with E-state index in [1.807, 2.05) is 30.6 Å². The zero-order valence-corrected chi connectivity index (χ0v) is 15.6. The molecule has 1 aliphatic heterocycles. The minimum absolute atomic E-state index is 0.259. The normalized spacial score (nSPS) is 17.2. The maximum Gasteiger partial charge on any atom is 0.227 e. The molecule has 26 heavy (non-hydrogen) atoms. The second-order valence-electron chi connectivity index (χ2n) is 6.78. The molecule has 3 heterocycles. The Bertz CT molecular complexity index is 915. The molecule has 0 spiro atoms. The van der Waals surface area contributed by atoms with Crippen molar-refractivity contribution in [2.45, 2.75) is 32.4 Å². The van der Waals surface area contributed by atoms with Gasteiger partial charge in [-0.25, -0.2) is 4.98 Å². The Balaban J connectivity index is 1.75. The molecule has 8 heteroatoms. The molecule has 0 amide bonds. The van der Waals surface area contributed by atoms with Gasteiger partial charge in [0.25, 0.3) is 0 Å². The topological polar surface area (TPSA) is 79.7 Å². The van der Waals surface area contributed by atoms with Gasteiger partial charge < -0.3 is 20.5 Å². The maximum absolute atomic E-state index is 6.11. The van der Waals surface area contributed by atoms with Gasteiger partial charge in [-0.1, -0.05) is 17.7 Å². The Morgan fingerprint density at radius 1 is 1.31 bits per heavy atom. The Morgan fingerprint density at radius 2 is 2.19 bits per heavy atom. The van der Waals surface area contributed by atoms with Gasteiger partial charge in [-0.2, -0.15) is 9.97 Å². The molecule has 0 bridgehead atoms. The first-order valence-corrected chi connectivity index (χ1v) is 9.22. The smallest absolute Gasteiger partial charge is 0.227 e. The molecule has 1 atom stereocenters. The molecular weight excluding hydrogens is 350 g/mol. The highest BCUT2D eigenvalue weighted by Crippen LogP contribution is 2.27. The van der Waals surface area contributed by atoms with Crippen LogP contribution >= 0.6 is 11.6 Å². The predicted octanol–water partition coefficient (Wildman–Crippen LogP) is 3.58. The lowest BCUT2D eigenvalue weighted by Crippen LogP contribution is -2.23. The van der Waals surface area contributed by atoms with Gasteiger partial charge in [0.1, 0.15) is 0 Å². The molecule has 2 aromatic heterocycles. The number of hydrogen-bond acceptors (Lipinski definition) is 6. The van der Waals surface area contributed by atoms with Crippen LogP contribution in [0, 0.1) is 0 Å². The average molecular weight is 372 g/mol. The molecule has 4 rings (SSSR count). The molecule has 1 saturated heterocycles. The van der Waals surface area contributed by atoms with Crippen molar-refractivity contribution in [1.82, 2.24) is 24.8 Å². The van der Waals surface area contributed by atoms with E-state index in [1.54, 1.807) is 0 Å². The van der Waals surface area contributed by atoms with Crippen molar-refractivity contribution in [1.29, 1.82) is 0 Å². The van der Waals surface area contributed by atoms with Crippen LogP contribution < -0.4 is 16.0 Å². The lowest BCUT2D eigenvalue weighted by Gasteiger charge is -2.14. The van der Waals surface area contributed by atoms with E-state index in [0.717, 1.165) is 36.4 Å². The van der Waals surface area contributed by atoms with E-state index >= 15 is 0 Å². The van der Waals surface area contributed by atoms with E-state index in [2.05, 4.69) is 44.3 Å². The standard InChI is InChI=1S/C18H22ClN7/c1-11(2)26-10-21-15-16(22-13-5-3-4-12(19)8-13)24-18(25-17(15)26)23-14-6-7-20-9-14/h3-5,8,10-11,14,20H,6-7,9H2,1-2H3,(H2,22,23,24,25). The quantitative estimate of drug-likeness (QED) is 0.636. The van der Waals surface area contributed by atoms with E-state index in [4.69, 9.17) is 16.6 Å². The number of imidazole rings is 1. The van der Waals surface area contributed by atoms with Crippen molar-refractivity contribution in [3.8, 4) is 0 Å². The summed E-state index contributed by atoms with van der Waals surface area (Å²) in [6, 6.07) is 8.15. The summed E-state index contributed by atoms with van der Waals surface area (Å²) < 4.78 is 2.05. The molecule has 0 aliphatic carbocycles. The molecule has 3 N–H and O–H groups in total. The van der Waals surface area contributed by atoms with Crippen molar-refractivity contribution in [3.05, 3.63) is 35.6 Å². The fraction of sp³-hybridized carbons (Fsp3) is 0.389. The van der Waals surface area contributed by atoms with Gasteiger partial charge in [-0.15, -0.1) is 0 Å². The van der Waals surface area contributed by atoms with Gasteiger partial charge in [0.15, 0.2) is 17.0 Å². The minimum Gasteiger partial charge on any atom is -0.350 e. The summed E-state index contributed by atoms with van der Waals surface area (Å²) in [5, 5.41) is 10.8. The Hall–Kier alpha value is -2.38. The van der Waals surface area contributed by atoms with Crippen LogP contribution in [0.15, 0.2) is 30.6 Å². The van der Waals surface area contributed by atoms with Crippen molar-refractivity contribution in [2.75, 3.05) is 23.7 Å². The summed E-state index contributed by atoms with van der Waals surface area (Å²) in [6.07, 6.45) is 2.87. The number of nitrogens with zero attached hydrogens (tertiary/aromatic N) is 4. The fourth-order valence-electron chi connectivity index (χ4n) is 3.11. The van der Waals surface area contributed by atoms with Crippen LogP contribution in [-0.2, 0) is 0 Å². The lowest BCUT2D eigenvalue weighted by atomic mass is 10.3. The lowest BCUT2D eigenvalue weighted by molar-refractivity contribution is 0.612. The largest absolute Gasteiger partial charge is 0.350 e. The number of halogens is 1. The van der Waals surface area contributed by atoms with Gasteiger partial charge in [-0.3, -0.25) is 0 Å². The molecule has 1 unspecified atom stereocenters.